The van der Waals surface area contributed by atoms with Crippen molar-refractivity contribution >= 4 is 22.6 Å². The van der Waals surface area contributed by atoms with Crippen molar-refractivity contribution in [1.82, 2.24) is 9.47 Å². The first-order chi connectivity index (χ1) is 18.2. The van der Waals surface area contributed by atoms with E-state index >= 15 is 0 Å². The molecule has 2 aromatic carbocycles. The van der Waals surface area contributed by atoms with E-state index in [9.17, 15) is 9.90 Å². The third kappa shape index (κ3) is 4.55. The van der Waals surface area contributed by atoms with Crippen LogP contribution < -0.4 is 4.90 Å². The Bertz CT molecular complexity index is 1280. The first-order valence-corrected chi connectivity index (χ1v) is 14.1. The van der Waals surface area contributed by atoms with Gasteiger partial charge in [-0.25, -0.2) is 4.79 Å². The van der Waals surface area contributed by atoms with Gasteiger partial charge in [-0.1, -0.05) is 43.5 Å². The zero-order chi connectivity index (χ0) is 25.4. The van der Waals surface area contributed by atoms with Gasteiger partial charge in [-0.2, -0.15) is 0 Å². The highest BCUT2D eigenvalue weighted by molar-refractivity contribution is 5.99. The Morgan fingerprint density at radius 3 is 2.62 bits per heavy atom. The van der Waals surface area contributed by atoms with Crippen molar-refractivity contribution in [3.05, 3.63) is 53.6 Å². The van der Waals surface area contributed by atoms with Crippen molar-refractivity contribution in [3.8, 4) is 11.3 Å². The van der Waals surface area contributed by atoms with Gasteiger partial charge in [-0.3, -0.25) is 4.90 Å². The van der Waals surface area contributed by atoms with Crippen LogP contribution in [0.25, 0.3) is 22.2 Å². The monoisotopic (exact) mass is 501 g/mol. The maximum absolute atomic E-state index is 11.9. The van der Waals surface area contributed by atoms with Gasteiger partial charge in [-0.05, 0) is 61.9 Å². The standard InChI is InChI=1S/C31H39N3O3/c1-37-21-24-10-7-15-32(24)16-17-33-18-19-34-28-20-23(31(35)36)13-14-25(28)29(22-8-3-2-4-9-22)30(34)26-11-5-6-12-27(26)33/h5-6,11-14,20,22,24H,2-4,7-10,15-19,21H2,1H3,(H,35,36)/t24-/m0/s1. The molecule has 1 aromatic heterocycles. The maximum Gasteiger partial charge on any atom is 0.335 e. The van der Waals surface area contributed by atoms with Gasteiger partial charge in [0.15, 0.2) is 0 Å². The largest absolute Gasteiger partial charge is 0.478 e. The third-order valence-electron chi connectivity index (χ3n) is 8.97. The minimum Gasteiger partial charge on any atom is -0.478 e. The van der Waals surface area contributed by atoms with Crippen molar-refractivity contribution in [2.24, 2.45) is 0 Å². The summed E-state index contributed by atoms with van der Waals surface area (Å²) in [5, 5.41) is 11.0. The summed E-state index contributed by atoms with van der Waals surface area (Å²) >= 11 is 0. The predicted octanol–water partition coefficient (Wildman–Crippen LogP) is 5.99. The SMILES string of the molecule is COC[C@@H]1CCCN1CCN1CCn2c(c(C3CCCCC3)c3ccc(C(=O)O)cc32)-c2ccccc21. The first-order valence-electron chi connectivity index (χ1n) is 14.1. The Morgan fingerprint density at radius 2 is 1.81 bits per heavy atom. The van der Waals surface area contributed by atoms with Crippen LogP contribution in [-0.2, 0) is 11.3 Å². The van der Waals surface area contributed by atoms with E-state index in [1.165, 1.54) is 72.8 Å². The second-order valence-electron chi connectivity index (χ2n) is 11.1. The van der Waals surface area contributed by atoms with E-state index in [0.717, 1.165) is 44.8 Å². The molecular weight excluding hydrogens is 462 g/mol. The molecule has 1 aliphatic carbocycles. The molecule has 1 saturated heterocycles. The van der Waals surface area contributed by atoms with Crippen molar-refractivity contribution in [3.63, 3.8) is 0 Å². The van der Waals surface area contributed by atoms with Crippen LogP contribution in [0.15, 0.2) is 42.5 Å². The summed E-state index contributed by atoms with van der Waals surface area (Å²) in [5.41, 5.74) is 6.81. The number of aromatic nitrogens is 1. The molecule has 0 amide bonds. The number of para-hydroxylation sites is 1. The van der Waals surface area contributed by atoms with E-state index in [1.807, 2.05) is 6.07 Å². The van der Waals surface area contributed by atoms with Gasteiger partial charge in [0.2, 0.25) is 0 Å². The van der Waals surface area contributed by atoms with Crippen LogP contribution in [-0.4, -0.2) is 66.5 Å². The van der Waals surface area contributed by atoms with E-state index in [1.54, 1.807) is 13.2 Å². The fraction of sp³-hybridized carbons (Fsp3) is 0.516. The molecule has 0 radical (unpaired) electrons. The molecule has 6 heteroatoms. The van der Waals surface area contributed by atoms with Crippen LogP contribution in [0.3, 0.4) is 0 Å². The molecule has 1 atom stereocenters. The van der Waals surface area contributed by atoms with Crippen LogP contribution in [0.2, 0.25) is 0 Å². The number of aromatic carboxylic acids is 1. The summed E-state index contributed by atoms with van der Waals surface area (Å²) in [7, 11) is 1.81. The smallest absolute Gasteiger partial charge is 0.335 e. The van der Waals surface area contributed by atoms with Gasteiger partial charge in [0.1, 0.15) is 0 Å². The second-order valence-corrected chi connectivity index (χ2v) is 11.1. The lowest BCUT2D eigenvalue weighted by atomic mass is 9.81. The highest BCUT2D eigenvalue weighted by Crippen LogP contribution is 2.47. The molecular formula is C31H39N3O3. The third-order valence-corrected chi connectivity index (χ3v) is 8.97. The molecule has 3 aliphatic rings. The molecule has 1 N–H and O–H groups in total. The Balaban J connectivity index is 1.42. The van der Waals surface area contributed by atoms with Crippen LogP contribution in [0, 0.1) is 0 Å². The zero-order valence-electron chi connectivity index (χ0n) is 22.0. The number of fused-ring (bicyclic) bond motifs is 5. The zero-order valence-corrected chi connectivity index (χ0v) is 22.0. The molecule has 0 unspecified atom stereocenters. The average Bonchev–Trinajstić information content (AvgIpc) is 3.46. The molecule has 2 aliphatic heterocycles. The highest BCUT2D eigenvalue weighted by atomic mass is 16.5. The number of benzene rings is 2. The van der Waals surface area contributed by atoms with Crippen molar-refractivity contribution in [1.29, 1.82) is 0 Å². The molecule has 0 spiro atoms. The number of carboxylic acid groups (broad SMARTS) is 1. The summed E-state index contributed by atoms with van der Waals surface area (Å²) < 4.78 is 7.93. The van der Waals surface area contributed by atoms with E-state index in [-0.39, 0.29) is 0 Å². The second kappa shape index (κ2) is 10.5. The minimum atomic E-state index is -0.858. The number of anilines is 1. The number of carbonyl (C=O) groups is 1. The molecule has 6 nitrogen and oxygen atoms in total. The lowest BCUT2D eigenvalue weighted by Crippen LogP contribution is -2.40. The van der Waals surface area contributed by atoms with E-state index in [2.05, 4.69) is 44.7 Å². The van der Waals surface area contributed by atoms with Gasteiger partial charge in [0.25, 0.3) is 0 Å². The number of hydrogen-bond acceptors (Lipinski definition) is 4. The number of rotatable bonds is 7. The van der Waals surface area contributed by atoms with E-state index in [0.29, 0.717) is 17.5 Å². The minimum absolute atomic E-state index is 0.371. The van der Waals surface area contributed by atoms with Crippen molar-refractivity contribution < 1.29 is 14.6 Å². The molecule has 3 aromatic rings. The molecule has 196 valence electrons. The highest BCUT2D eigenvalue weighted by Gasteiger charge is 2.31. The van der Waals surface area contributed by atoms with E-state index < -0.39 is 5.97 Å². The lowest BCUT2D eigenvalue weighted by Gasteiger charge is -2.30. The van der Waals surface area contributed by atoms with Gasteiger partial charge >= 0.3 is 5.97 Å². The van der Waals surface area contributed by atoms with Crippen molar-refractivity contribution in [2.45, 2.75) is 63.5 Å². The lowest BCUT2D eigenvalue weighted by molar-refractivity contribution is 0.0697. The molecule has 2 fully saturated rings. The number of likely N-dealkylation sites (tertiary alicyclic amines) is 1. The maximum atomic E-state index is 11.9. The summed E-state index contributed by atoms with van der Waals surface area (Å²) in [6.45, 7) is 5.76. The number of carboxylic acids is 1. The number of hydrogen-bond donors (Lipinski definition) is 1. The number of methoxy groups -OCH3 is 1. The van der Waals surface area contributed by atoms with Crippen LogP contribution >= 0.6 is 0 Å². The normalized spacial score (nSPS) is 20.7. The van der Waals surface area contributed by atoms with Gasteiger partial charge < -0.3 is 19.3 Å². The first kappa shape index (κ1) is 24.5. The Kier molecular flexibility index (Phi) is 6.96. The molecule has 1 saturated carbocycles. The Morgan fingerprint density at radius 1 is 0.973 bits per heavy atom. The van der Waals surface area contributed by atoms with E-state index in [4.69, 9.17) is 4.74 Å². The fourth-order valence-corrected chi connectivity index (χ4v) is 7.18. The average molecular weight is 502 g/mol. The predicted molar refractivity (Wildman–Crippen MR) is 149 cm³/mol. The Labute approximate surface area is 219 Å². The fourth-order valence-electron chi connectivity index (χ4n) is 7.18. The van der Waals surface area contributed by atoms with Crippen LogP contribution in [0.4, 0.5) is 5.69 Å². The van der Waals surface area contributed by atoms with Gasteiger partial charge in [0, 0.05) is 61.5 Å². The molecule has 0 bridgehead atoms. The topological polar surface area (TPSA) is 57.9 Å². The van der Waals surface area contributed by atoms with Gasteiger partial charge in [0.05, 0.1) is 17.9 Å². The molecule has 37 heavy (non-hydrogen) atoms. The molecule has 6 rings (SSSR count). The Hall–Kier alpha value is -2.83. The quantitative estimate of drug-likeness (QED) is 0.431. The van der Waals surface area contributed by atoms with Crippen LogP contribution in [0.5, 0.6) is 0 Å². The molecule has 3 heterocycles. The van der Waals surface area contributed by atoms with Gasteiger partial charge in [-0.15, -0.1) is 0 Å². The number of nitrogens with zero attached hydrogens (tertiary/aromatic N) is 3. The summed E-state index contributed by atoms with van der Waals surface area (Å²) in [6.07, 6.45) is 8.77. The van der Waals surface area contributed by atoms with Crippen molar-refractivity contribution in [2.75, 3.05) is 44.8 Å². The van der Waals surface area contributed by atoms with Crippen LogP contribution in [0.1, 0.15) is 66.8 Å². The summed E-state index contributed by atoms with van der Waals surface area (Å²) in [6, 6.07) is 15.2. The summed E-state index contributed by atoms with van der Waals surface area (Å²) in [5.74, 6) is -0.328. The number of ether oxygens (including phenoxy) is 1. The summed E-state index contributed by atoms with van der Waals surface area (Å²) in [4.78, 5) is 17.0.